The molecule has 0 amide bonds. The maximum absolute atomic E-state index is 9.68. The van der Waals surface area contributed by atoms with Crippen LogP contribution in [0.2, 0.25) is 0 Å². The summed E-state index contributed by atoms with van der Waals surface area (Å²) in [5, 5.41) is 0. The summed E-state index contributed by atoms with van der Waals surface area (Å²) in [5.74, 6) is 0.421. The molecule has 1 nitrogen and oxygen atoms in total. The molecule has 0 N–H and O–H groups in total. The fourth-order valence-corrected chi connectivity index (χ4v) is 0.353. The summed E-state index contributed by atoms with van der Waals surface area (Å²) in [6.45, 7) is 5.72. The molecule has 1 atom stereocenters. The normalized spacial score (nSPS) is 9.57. The number of hydrogen-bond acceptors (Lipinski definition) is 1. The Balaban J connectivity index is 2.81. The van der Waals surface area contributed by atoms with Crippen LogP contribution in [0, 0.1) is 12.8 Å². The molecule has 0 spiro atoms. The lowest BCUT2D eigenvalue weighted by atomic mass is 10.1. The fourth-order valence-electron chi connectivity index (χ4n) is 0.353. The molecular weight excluding hydrogens is 88.1 g/mol. The second kappa shape index (κ2) is 3.85. The van der Waals surface area contributed by atoms with Gasteiger partial charge in [0.1, 0.15) is 6.29 Å². The molecule has 0 aliphatic heterocycles. The smallest absolute Gasteiger partial charge is 0.120 e. The lowest BCUT2D eigenvalue weighted by Gasteiger charge is -1.95. The van der Waals surface area contributed by atoms with Crippen molar-refractivity contribution in [3.05, 3.63) is 6.92 Å². The van der Waals surface area contributed by atoms with Gasteiger partial charge in [-0.3, -0.25) is 0 Å². The second-order valence-electron chi connectivity index (χ2n) is 1.85. The molecule has 0 fully saturated rings. The first-order valence-corrected chi connectivity index (χ1v) is 2.54. The van der Waals surface area contributed by atoms with Crippen LogP contribution in [0.5, 0.6) is 0 Å². The van der Waals surface area contributed by atoms with Crippen molar-refractivity contribution in [2.75, 3.05) is 0 Å². The Morgan fingerprint density at radius 1 is 1.86 bits per heavy atom. The molecular formula is C6H11O. The van der Waals surface area contributed by atoms with Gasteiger partial charge in [0, 0.05) is 6.42 Å². The van der Waals surface area contributed by atoms with E-state index in [1.165, 1.54) is 0 Å². The minimum absolute atomic E-state index is 0.421. The van der Waals surface area contributed by atoms with Crippen LogP contribution in [0.3, 0.4) is 0 Å². The SMILES string of the molecule is [CH2]C(C)CCC=O. The van der Waals surface area contributed by atoms with E-state index in [-0.39, 0.29) is 0 Å². The van der Waals surface area contributed by atoms with E-state index in [9.17, 15) is 4.79 Å². The molecule has 0 aliphatic rings. The number of carbonyl (C=O) groups is 1. The third-order valence-corrected chi connectivity index (χ3v) is 0.777. The van der Waals surface area contributed by atoms with Gasteiger partial charge < -0.3 is 4.79 Å². The zero-order valence-corrected chi connectivity index (χ0v) is 4.68. The van der Waals surface area contributed by atoms with Crippen molar-refractivity contribution in [3.63, 3.8) is 0 Å². The van der Waals surface area contributed by atoms with Crippen LogP contribution in [0.15, 0.2) is 0 Å². The van der Waals surface area contributed by atoms with Gasteiger partial charge in [-0.2, -0.15) is 0 Å². The molecule has 0 bridgehead atoms. The minimum Gasteiger partial charge on any atom is -0.303 e. The summed E-state index contributed by atoms with van der Waals surface area (Å²) in [4.78, 5) is 9.68. The molecule has 0 aliphatic carbocycles. The maximum Gasteiger partial charge on any atom is 0.120 e. The lowest BCUT2D eigenvalue weighted by molar-refractivity contribution is -0.108. The molecule has 0 saturated heterocycles. The van der Waals surface area contributed by atoms with Crippen LogP contribution in [-0.4, -0.2) is 6.29 Å². The zero-order chi connectivity index (χ0) is 5.70. The molecule has 0 rings (SSSR count). The van der Waals surface area contributed by atoms with E-state index < -0.39 is 0 Å². The highest BCUT2D eigenvalue weighted by Gasteiger charge is 1.89. The first kappa shape index (κ1) is 6.67. The zero-order valence-electron chi connectivity index (χ0n) is 4.68. The maximum atomic E-state index is 9.68. The van der Waals surface area contributed by atoms with Crippen LogP contribution < -0.4 is 0 Å². The Hall–Kier alpha value is -0.330. The molecule has 7 heavy (non-hydrogen) atoms. The average molecular weight is 99.2 g/mol. The van der Waals surface area contributed by atoms with Crippen molar-refractivity contribution >= 4 is 6.29 Å². The largest absolute Gasteiger partial charge is 0.303 e. The third-order valence-electron chi connectivity index (χ3n) is 0.777. The highest BCUT2D eigenvalue weighted by atomic mass is 16.1. The molecule has 1 radical (unpaired) electrons. The number of hydrogen-bond donors (Lipinski definition) is 0. The van der Waals surface area contributed by atoms with Gasteiger partial charge in [-0.25, -0.2) is 0 Å². The van der Waals surface area contributed by atoms with Gasteiger partial charge in [0.15, 0.2) is 0 Å². The lowest BCUT2D eigenvalue weighted by Crippen LogP contribution is -1.86. The molecule has 0 heterocycles. The van der Waals surface area contributed by atoms with Gasteiger partial charge >= 0.3 is 0 Å². The monoisotopic (exact) mass is 99.1 g/mol. The third kappa shape index (κ3) is 5.67. The minimum atomic E-state index is 0.421. The van der Waals surface area contributed by atoms with E-state index in [4.69, 9.17) is 0 Å². The average Bonchev–Trinajstić information content (AvgIpc) is 1.61. The molecule has 1 unspecified atom stereocenters. The predicted octanol–water partition coefficient (Wildman–Crippen LogP) is 1.44. The van der Waals surface area contributed by atoms with Crippen LogP contribution in [0.4, 0.5) is 0 Å². The van der Waals surface area contributed by atoms with E-state index in [2.05, 4.69) is 6.92 Å². The molecule has 1 heteroatoms. The first-order chi connectivity index (χ1) is 3.27. The summed E-state index contributed by atoms with van der Waals surface area (Å²) in [6, 6.07) is 0. The van der Waals surface area contributed by atoms with Crippen LogP contribution >= 0.6 is 0 Å². The van der Waals surface area contributed by atoms with Gasteiger partial charge in [-0.15, -0.1) is 0 Å². The summed E-state index contributed by atoms with van der Waals surface area (Å²) in [5.41, 5.74) is 0. The quantitative estimate of drug-likeness (QED) is 0.489. The number of carbonyl (C=O) groups excluding carboxylic acids is 1. The Labute approximate surface area is 44.7 Å². The predicted molar refractivity (Wildman–Crippen MR) is 29.8 cm³/mol. The van der Waals surface area contributed by atoms with Crippen molar-refractivity contribution < 1.29 is 4.79 Å². The number of rotatable bonds is 3. The van der Waals surface area contributed by atoms with Gasteiger partial charge in [0.2, 0.25) is 0 Å². The summed E-state index contributed by atoms with van der Waals surface area (Å²) in [6.07, 6.45) is 2.51. The molecule has 0 aromatic rings. The highest BCUT2D eigenvalue weighted by molar-refractivity contribution is 5.49. The van der Waals surface area contributed by atoms with Gasteiger partial charge in [0.25, 0.3) is 0 Å². The summed E-state index contributed by atoms with van der Waals surface area (Å²) >= 11 is 0. The van der Waals surface area contributed by atoms with Crippen LogP contribution in [-0.2, 0) is 4.79 Å². The van der Waals surface area contributed by atoms with Crippen LogP contribution in [0.25, 0.3) is 0 Å². The van der Waals surface area contributed by atoms with Crippen molar-refractivity contribution in [2.24, 2.45) is 5.92 Å². The van der Waals surface area contributed by atoms with E-state index in [1.807, 2.05) is 6.92 Å². The highest BCUT2D eigenvalue weighted by Crippen LogP contribution is 1.99. The van der Waals surface area contributed by atoms with Crippen molar-refractivity contribution in [2.45, 2.75) is 19.8 Å². The summed E-state index contributed by atoms with van der Waals surface area (Å²) < 4.78 is 0. The Morgan fingerprint density at radius 2 is 2.43 bits per heavy atom. The van der Waals surface area contributed by atoms with E-state index >= 15 is 0 Å². The first-order valence-electron chi connectivity index (χ1n) is 2.54. The van der Waals surface area contributed by atoms with E-state index in [0.717, 1.165) is 12.7 Å². The van der Waals surface area contributed by atoms with Crippen molar-refractivity contribution in [1.29, 1.82) is 0 Å². The van der Waals surface area contributed by atoms with Crippen LogP contribution in [0.1, 0.15) is 19.8 Å². The van der Waals surface area contributed by atoms with Gasteiger partial charge in [-0.05, 0) is 12.3 Å². The van der Waals surface area contributed by atoms with Gasteiger partial charge in [0.05, 0.1) is 0 Å². The Morgan fingerprint density at radius 3 is 2.57 bits per heavy atom. The van der Waals surface area contributed by atoms with Crippen molar-refractivity contribution in [3.8, 4) is 0 Å². The van der Waals surface area contributed by atoms with Gasteiger partial charge in [-0.1, -0.05) is 13.8 Å². The molecule has 0 saturated carbocycles. The molecule has 41 valence electrons. The Bertz CT molecular complexity index is 48.1. The topological polar surface area (TPSA) is 17.1 Å². The second-order valence-corrected chi connectivity index (χ2v) is 1.85. The van der Waals surface area contributed by atoms with Crippen molar-refractivity contribution in [1.82, 2.24) is 0 Å². The molecule has 0 aromatic carbocycles. The summed E-state index contributed by atoms with van der Waals surface area (Å²) in [7, 11) is 0. The fraction of sp³-hybridized carbons (Fsp3) is 0.667. The Kier molecular flexibility index (Phi) is 3.67. The number of aldehydes is 1. The molecule has 0 aromatic heterocycles. The standard InChI is InChI=1S/C6H11O/c1-6(2)4-3-5-7/h5-6H,1,3-4H2,2H3. The van der Waals surface area contributed by atoms with E-state index in [1.54, 1.807) is 0 Å². The van der Waals surface area contributed by atoms with E-state index in [0.29, 0.717) is 12.3 Å².